The largest absolute Gasteiger partial charge is 0.328 e. The molecule has 16 heavy (non-hydrogen) atoms. The van der Waals surface area contributed by atoms with E-state index in [-0.39, 0.29) is 23.3 Å². The first-order valence-electron chi connectivity index (χ1n) is 5.21. The molecule has 1 aromatic rings. The van der Waals surface area contributed by atoms with E-state index in [2.05, 4.69) is 0 Å². The van der Waals surface area contributed by atoms with Crippen LogP contribution in [0, 0.1) is 5.82 Å². The van der Waals surface area contributed by atoms with Crippen LogP contribution in [0.5, 0.6) is 0 Å². The second kappa shape index (κ2) is 5.97. The summed E-state index contributed by atoms with van der Waals surface area (Å²) in [6, 6.07) is 4.50. The van der Waals surface area contributed by atoms with Crippen LogP contribution in [-0.2, 0) is 11.2 Å². The van der Waals surface area contributed by atoms with Gasteiger partial charge in [0.25, 0.3) is 0 Å². The molecule has 0 aliphatic rings. The van der Waals surface area contributed by atoms with E-state index in [1.807, 2.05) is 6.92 Å². The maximum absolute atomic E-state index is 13.1. The SMILES string of the molecule is CC(N)CCC(=O)Cc1cccc(F)c1Cl. The Morgan fingerprint density at radius 1 is 1.56 bits per heavy atom. The van der Waals surface area contributed by atoms with Crippen molar-refractivity contribution in [3.05, 3.63) is 34.6 Å². The van der Waals surface area contributed by atoms with Crippen LogP contribution in [0.2, 0.25) is 5.02 Å². The number of nitrogens with two attached hydrogens (primary N) is 1. The minimum Gasteiger partial charge on any atom is -0.328 e. The number of carbonyl (C=O) groups is 1. The Kier molecular flexibility index (Phi) is 4.90. The lowest BCUT2D eigenvalue weighted by Crippen LogP contribution is -2.17. The van der Waals surface area contributed by atoms with Crippen molar-refractivity contribution in [3.63, 3.8) is 0 Å². The molecule has 0 aromatic heterocycles. The van der Waals surface area contributed by atoms with Crippen LogP contribution in [0.1, 0.15) is 25.3 Å². The van der Waals surface area contributed by atoms with Gasteiger partial charge in [0.2, 0.25) is 0 Å². The number of hydrogen-bond acceptors (Lipinski definition) is 2. The van der Waals surface area contributed by atoms with Crippen LogP contribution in [0.3, 0.4) is 0 Å². The van der Waals surface area contributed by atoms with E-state index in [1.54, 1.807) is 12.1 Å². The number of benzene rings is 1. The minimum atomic E-state index is -0.487. The molecule has 0 aliphatic heterocycles. The van der Waals surface area contributed by atoms with Crippen LogP contribution >= 0.6 is 11.6 Å². The van der Waals surface area contributed by atoms with Crippen molar-refractivity contribution >= 4 is 17.4 Å². The van der Waals surface area contributed by atoms with E-state index in [9.17, 15) is 9.18 Å². The van der Waals surface area contributed by atoms with Crippen molar-refractivity contribution in [1.82, 2.24) is 0 Å². The van der Waals surface area contributed by atoms with Crippen LogP contribution in [0.25, 0.3) is 0 Å². The summed E-state index contributed by atoms with van der Waals surface area (Å²) in [6.45, 7) is 1.85. The van der Waals surface area contributed by atoms with Gasteiger partial charge in [-0.3, -0.25) is 4.79 Å². The fourth-order valence-corrected chi connectivity index (χ4v) is 1.57. The molecule has 1 atom stereocenters. The van der Waals surface area contributed by atoms with Crippen LogP contribution in [0.4, 0.5) is 4.39 Å². The van der Waals surface area contributed by atoms with E-state index >= 15 is 0 Å². The number of Topliss-reactive ketones (excluding diaryl/α,β-unsaturated/α-hetero) is 1. The molecule has 0 heterocycles. The van der Waals surface area contributed by atoms with Gasteiger partial charge in [-0.15, -0.1) is 0 Å². The molecule has 0 radical (unpaired) electrons. The third-order valence-electron chi connectivity index (χ3n) is 2.30. The zero-order valence-electron chi connectivity index (χ0n) is 9.17. The third-order valence-corrected chi connectivity index (χ3v) is 2.72. The summed E-state index contributed by atoms with van der Waals surface area (Å²) in [5.74, 6) is -0.455. The van der Waals surface area contributed by atoms with Gasteiger partial charge in [-0.2, -0.15) is 0 Å². The lowest BCUT2D eigenvalue weighted by atomic mass is 10.0. The molecule has 88 valence electrons. The van der Waals surface area contributed by atoms with E-state index in [4.69, 9.17) is 17.3 Å². The van der Waals surface area contributed by atoms with E-state index in [0.717, 1.165) is 0 Å². The quantitative estimate of drug-likeness (QED) is 0.864. The zero-order chi connectivity index (χ0) is 12.1. The molecular weight excluding hydrogens is 229 g/mol. The topological polar surface area (TPSA) is 43.1 Å². The average molecular weight is 244 g/mol. The summed E-state index contributed by atoms with van der Waals surface area (Å²) in [5.41, 5.74) is 6.09. The minimum absolute atomic E-state index is 0.00642. The van der Waals surface area contributed by atoms with Crippen molar-refractivity contribution in [2.75, 3.05) is 0 Å². The second-order valence-corrected chi connectivity index (χ2v) is 4.32. The first-order valence-corrected chi connectivity index (χ1v) is 5.58. The smallest absolute Gasteiger partial charge is 0.142 e. The maximum Gasteiger partial charge on any atom is 0.142 e. The number of ketones is 1. The monoisotopic (exact) mass is 243 g/mol. The highest BCUT2D eigenvalue weighted by Crippen LogP contribution is 2.20. The molecule has 2 nitrogen and oxygen atoms in total. The van der Waals surface area contributed by atoms with Crippen molar-refractivity contribution in [1.29, 1.82) is 0 Å². The number of halogens is 2. The van der Waals surface area contributed by atoms with Crippen molar-refractivity contribution in [3.8, 4) is 0 Å². The molecule has 1 unspecified atom stereocenters. The Morgan fingerprint density at radius 3 is 2.88 bits per heavy atom. The Bertz CT molecular complexity index is 379. The van der Waals surface area contributed by atoms with Crippen molar-refractivity contribution in [2.45, 2.75) is 32.2 Å². The lowest BCUT2D eigenvalue weighted by Gasteiger charge is -2.06. The third kappa shape index (κ3) is 3.91. The molecule has 0 spiro atoms. The highest BCUT2D eigenvalue weighted by molar-refractivity contribution is 6.31. The molecule has 0 saturated heterocycles. The number of carbonyl (C=O) groups excluding carboxylic acids is 1. The first-order chi connectivity index (χ1) is 7.50. The Labute approximate surface area is 99.6 Å². The first kappa shape index (κ1) is 13.1. The molecule has 0 fully saturated rings. The predicted molar refractivity (Wildman–Crippen MR) is 63.0 cm³/mol. The molecule has 0 bridgehead atoms. The molecule has 0 saturated carbocycles. The van der Waals surface area contributed by atoms with Gasteiger partial charge in [0.05, 0.1) is 5.02 Å². The van der Waals surface area contributed by atoms with Gasteiger partial charge in [-0.05, 0) is 25.0 Å². The Hall–Kier alpha value is -0.930. The highest BCUT2D eigenvalue weighted by atomic mass is 35.5. The predicted octanol–water partition coefficient (Wildman–Crippen LogP) is 2.72. The summed E-state index contributed by atoms with van der Waals surface area (Å²) < 4.78 is 13.1. The standard InChI is InChI=1S/C12H15ClFNO/c1-8(15)5-6-10(16)7-9-3-2-4-11(14)12(9)13/h2-4,8H,5-7,15H2,1H3. The summed E-state index contributed by atoms with van der Waals surface area (Å²) in [6.07, 6.45) is 1.22. The van der Waals surface area contributed by atoms with Gasteiger partial charge in [0.15, 0.2) is 0 Å². The van der Waals surface area contributed by atoms with Gasteiger partial charge < -0.3 is 5.73 Å². The summed E-state index contributed by atoms with van der Waals surface area (Å²) in [5, 5.41) is 0.0386. The Morgan fingerprint density at radius 2 is 2.25 bits per heavy atom. The van der Waals surface area contributed by atoms with Gasteiger partial charge >= 0.3 is 0 Å². The van der Waals surface area contributed by atoms with E-state index in [1.165, 1.54) is 6.07 Å². The maximum atomic E-state index is 13.1. The van der Waals surface area contributed by atoms with Gasteiger partial charge in [-0.25, -0.2) is 4.39 Å². The number of hydrogen-bond donors (Lipinski definition) is 1. The molecule has 4 heteroatoms. The van der Waals surface area contributed by atoms with Crippen LogP contribution in [-0.4, -0.2) is 11.8 Å². The highest BCUT2D eigenvalue weighted by Gasteiger charge is 2.10. The van der Waals surface area contributed by atoms with Gasteiger partial charge in [-0.1, -0.05) is 23.7 Å². The van der Waals surface area contributed by atoms with E-state index in [0.29, 0.717) is 18.4 Å². The van der Waals surface area contributed by atoms with Gasteiger partial charge in [0, 0.05) is 18.9 Å². The van der Waals surface area contributed by atoms with Crippen LogP contribution < -0.4 is 5.73 Å². The van der Waals surface area contributed by atoms with E-state index < -0.39 is 5.82 Å². The molecule has 2 N–H and O–H groups in total. The molecule has 0 aliphatic carbocycles. The fraction of sp³-hybridized carbons (Fsp3) is 0.417. The summed E-state index contributed by atoms with van der Waals surface area (Å²) >= 11 is 5.75. The number of rotatable bonds is 5. The molecule has 1 rings (SSSR count). The molecule has 0 amide bonds. The zero-order valence-corrected chi connectivity index (χ0v) is 9.93. The summed E-state index contributed by atoms with van der Waals surface area (Å²) in [4.78, 5) is 11.5. The van der Waals surface area contributed by atoms with Crippen molar-refractivity contribution in [2.24, 2.45) is 5.73 Å². The normalized spacial score (nSPS) is 12.5. The average Bonchev–Trinajstić information content (AvgIpc) is 2.22. The second-order valence-electron chi connectivity index (χ2n) is 3.94. The van der Waals surface area contributed by atoms with Gasteiger partial charge in [0.1, 0.15) is 11.6 Å². The van der Waals surface area contributed by atoms with Crippen LogP contribution in [0.15, 0.2) is 18.2 Å². The summed E-state index contributed by atoms with van der Waals surface area (Å²) in [7, 11) is 0. The lowest BCUT2D eigenvalue weighted by molar-refractivity contribution is -0.118. The van der Waals surface area contributed by atoms with Crippen molar-refractivity contribution < 1.29 is 9.18 Å². The Balaban J connectivity index is 2.59. The fourth-order valence-electron chi connectivity index (χ4n) is 1.37. The molecular formula is C12H15ClFNO. The molecule has 1 aromatic carbocycles.